The molecule has 0 spiro atoms. The fraction of sp³-hybridized carbons (Fsp3) is 0.160. The van der Waals surface area contributed by atoms with Crippen molar-refractivity contribution in [3.05, 3.63) is 89.7 Å². The smallest absolute Gasteiger partial charge is 0.234 e. The highest BCUT2D eigenvalue weighted by molar-refractivity contribution is 7.99. The molecule has 1 aromatic heterocycles. The number of hydrogen-bond donors (Lipinski definition) is 2. The molecule has 168 valence electrons. The number of nitrogens with two attached hydrogens (primary N) is 1. The van der Waals surface area contributed by atoms with E-state index >= 15 is 0 Å². The Morgan fingerprint density at radius 1 is 1.03 bits per heavy atom. The van der Waals surface area contributed by atoms with Gasteiger partial charge in [0.2, 0.25) is 5.91 Å². The summed E-state index contributed by atoms with van der Waals surface area (Å²) in [6.45, 7) is 4.19. The second kappa shape index (κ2) is 10.2. The van der Waals surface area contributed by atoms with Crippen LogP contribution >= 0.6 is 11.8 Å². The number of nitrogen functional groups attached to an aromatic ring is 1. The van der Waals surface area contributed by atoms with E-state index in [1.54, 1.807) is 6.07 Å². The molecular formula is C25H25N5O2S. The van der Waals surface area contributed by atoms with E-state index in [0.717, 1.165) is 22.6 Å². The number of carbonyl (C=O) groups is 1. The Balaban J connectivity index is 1.50. The van der Waals surface area contributed by atoms with Crippen molar-refractivity contribution in [2.45, 2.75) is 25.6 Å². The van der Waals surface area contributed by atoms with Gasteiger partial charge in [-0.2, -0.15) is 0 Å². The highest BCUT2D eigenvalue weighted by Gasteiger charge is 2.17. The summed E-state index contributed by atoms with van der Waals surface area (Å²) in [4.78, 5) is 12.6. The fourth-order valence-electron chi connectivity index (χ4n) is 3.27. The zero-order chi connectivity index (χ0) is 23.2. The van der Waals surface area contributed by atoms with Crippen LogP contribution in [0.4, 0.5) is 11.4 Å². The zero-order valence-corrected chi connectivity index (χ0v) is 19.3. The van der Waals surface area contributed by atoms with E-state index in [2.05, 4.69) is 15.5 Å². The summed E-state index contributed by atoms with van der Waals surface area (Å²) in [5.74, 6) is 1.45. The Labute approximate surface area is 197 Å². The maximum absolute atomic E-state index is 12.6. The topological polar surface area (TPSA) is 95.1 Å². The number of anilines is 2. The minimum absolute atomic E-state index is 0.145. The van der Waals surface area contributed by atoms with Crippen LogP contribution in [0.15, 0.2) is 78.0 Å². The van der Waals surface area contributed by atoms with Crippen LogP contribution in [-0.2, 0) is 11.4 Å². The lowest BCUT2D eigenvalue weighted by Crippen LogP contribution is -2.15. The molecule has 0 radical (unpaired) electrons. The van der Waals surface area contributed by atoms with E-state index < -0.39 is 0 Å². The standard InChI is InChI=1S/C25H25N5O2S/c1-17-7-6-10-21(13-17)32-15-23-28-29-25(30(23)20-8-4-3-5-9-20)33-16-24(31)27-22-14-19(26)12-11-18(22)2/h3-14H,15-16,26H2,1-2H3,(H,27,31). The van der Waals surface area contributed by atoms with Gasteiger partial charge < -0.3 is 15.8 Å². The molecule has 0 aliphatic rings. The van der Waals surface area contributed by atoms with Gasteiger partial charge in [-0.25, -0.2) is 0 Å². The van der Waals surface area contributed by atoms with Crippen molar-refractivity contribution >= 4 is 29.0 Å². The van der Waals surface area contributed by atoms with E-state index in [9.17, 15) is 4.79 Å². The molecule has 1 heterocycles. The lowest BCUT2D eigenvalue weighted by atomic mass is 10.2. The van der Waals surface area contributed by atoms with Crippen LogP contribution in [0.2, 0.25) is 0 Å². The quantitative estimate of drug-likeness (QED) is 0.291. The summed E-state index contributed by atoms with van der Waals surface area (Å²) in [6.07, 6.45) is 0. The van der Waals surface area contributed by atoms with Gasteiger partial charge in [-0.15, -0.1) is 10.2 Å². The number of nitrogens with one attached hydrogen (secondary N) is 1. The SMILES string of the molecule is Cc1cccc(OCc2nnc(SCC(=O)Nc3cc(N)ccc3C)n2-c2ccccc2)c1. The number of para-hydroxylation sites is 1. The van der Waals surface area contributed by atoms with E-state index in [-0.39, 0.29) is 18.3 Å². The van der Waals surface area contributed by atoms with Crippen LogP contribution in [0.3, 0.4) is 0 Å². The maximum Gasteiger partial charge on any atom is 0.234 e. The molecule has 0 bridgehead atoms. The molecule has 7 nitrogen and oxygen atoms in total. The van der Waals surface area contributed by atoms with Gasteiger partial charge in [-0.1, -0.05) is 48.2 Å². The summed E-state index contributed by atoms with van der Waals surface area (Å²) in [5, 5.41) is 12.2. The normalized spacial score (nSPS) is 10.7. The predicted molar refractivity (Wildman–Crippen MR) is 132 cm³/mol. The van der Waals surface area contributed by atoms with Crippen LogP contribution in [0.25, 0.3) is 5.69 Å². The highest BCUT2D eigenvalue weighted by Crippen LogP contribution is 2.24. The van der Waals surface area contributed by atoms with E-state index in [1.807, 2.05) is 85.1 Å². The van der Waals surface area contributed by atoms with Gasteiger partial charge >= 0.3 is 0 Å². The van der Waals surface area contributed by atoms with Crippen molar-refractivity contribution in [1.82, 2.24) is 14.8 Å². The van der Waals surface area contributed by atoms with Crippen molar-refractivity contribution in [2.75, 3.05) is 16.8 Å². The minimum Gasteiger partial charge on any atom is -0.486 e. The summed E-state index contributed by atoms with van der Waals surface area (Å²) in [5.41, 5.74) is 10.1. The van der Waals surface area contributed by atoms with E-state index in [0.29, 0.717) is 22.4 Å². The van der Waals surface area contributed by atoms with Gasteiger partial charge in [0.25, 0.3) is 0 Å². The molecule has 33 heavy (non-hydrogen) atoms. The Kier molecular flexibility index (Phi) is 6.95. The molecule has 3 N–H and O–H groups in total. The summed E-state index contributed by atoms with van der Waals surface area (Å²) >= 11 is 1.31. The molecular weight excluding hydrogens is 434 g/mol. The second-order valence-corrected chi connectivity index (χ2v) is 8.53. The third kappa shape index (κ3) is 5.72. The van der Waals surface area contributed by atoms with E-state index in [1.165, 1.54) is 11.8 Å². The molecule has 0 aliphatic heterocycles. The molecule has 0 saturated heterocycles. The van der Waals surface area contributed by atoms with Crippen molar-refractivity contribution in [3.8, 4) is 11.4 Å². The molecule has 0 atom stereocenters. The highest BCUT2D eigenvalue weighted by atomic mass is 32.2. The van der Waals surface area contributed by atoms with Gasteiger partial charge in [0.15, 0.2) is 11.0 Å². The number of nitrogens with zero attached hydrogens (tertiary/aromatic N) is 3. The first-order chi connectivity index (χ1) is 16.0. The maximum atomic E-state index is 12.6. The number of benzene rings is 3. The van der Waals surface area contributed by atoms with Crippen LogP contribution in [0, 0.1) is 13.8 Å². The fourth-order valence-corrected chi connectivity index (χ4v) is 4.04. The Bertz CT molecular complexity index is 1260. The van der Waals surface area contributed by atoms with Crippen molar-refractivity contribution in [3.63, 3.8) is 0 Å². The lowest BCUT2D eigenvalue weighted by molar-refractivity contribution is -0.113. The summed E-state index contributed by atoms with van der Waals surface area (Å²) < 4.78 is 7.87. The first kappa shape index (κ1) is 22.4. The van der Waals surface area contributed by atoms with E-state index in [4.69, 9.17) is 10.5 Å². The number of hydrogen-bond acceptors (Lipinski definition) is 6. The Hall–Kier alpha value is -3.78. The van der Waals surface area contributed by atoms with Crippen molar-refractivity contribution in [1.29, 1.82) is 0 Å². The average molecular weight is 460 g/mol. The van der Waals surface area contributed by atoms with Crippen molar-refractivity contribution < 1.29 is 9.53 Å². The van der Waals surface area contributed by atoms with Gasteiger partial charge in [0, 0.05) is 17.1 Å². The Morgan fingerprint density at radius 3 is 2.64 bits per heavy atom. The van der Waals surface area contributed by atoms with Crippen LogP contribution in [0.5, 0.6) is 5.75 Å². The molecule has 4 aromatic rings. The molecule has 4 rings (SSSR count). The first-order valence-corrected chi connectivity index (χ1v) is 11.5. The first-order valence-electron chi connectivity index (χ1n) is 10.5. The van der Waals surface area contributed by atoms with Crippen LogP contribution in [0.1, 0.15) is 17.0 Å². The molecule has 0 fully saturated rings. The summed E-state index contributed by atoms with van der Waals surface area (Å²) in [6, 6.07) is 23.1. The number of aromatic nitrogens is 3. The number of amides is 1. The summed E-state index contributed by atoms with van der Waals surface area (Å²) in [7, 11) is 0. The van der Waals surface area contributed by atoms with Crippen LogP contribution in [-0.4, -0.2) is 26.4 Å². The third-order valence-corrected chi connectivity index (χ3v) is 5.87. The number of ether oxygens (including phenoxy) is 1. The monoisotopic (exact) mass is 459 g/mol. The molecule has 0 saturated carbocycles. The zero-order valence-electron chi connectivity index (χ0n) is 18.5. The molecule has 0 unspecified atom stereocenters. The number of carbonyl (C=O) groups excluding carboxylic acids is 1. The number of rotatable bonds is 8. The van der Waals surface area contributed by atoms with Gasteiger partial charge in [-0.3, -0.25) is 9.36 Å². The molecule has 1 amide bonds. The largest absolute Gasteiger partial charge is 0.486 e. The van der Waals surface area contributed by atoms with Gasteiger partial charge in [-0.05, 0) is 61.4 Å². The molecule has 0 aliphatic carbocycles. The predicted octanol–water partition coefficient (Wildman–Crippen LogP) is 4.78. The second-order valence-electron chi connectivity index (χ2n) is 7.59. The number of aryl methyl sites for hydroxylation is 2. The number of thioether (sulfide) groups is 1. The molecule has 8 heteroatoms. The van der Waals surface area contributed by atoms with Gasteiger partial charge in [0.1, 0.15) is 12.4 Å². The van der Waals surface area contributed by atoms with Gasteiger partial charge in [0.05, 0.1) is 5.75 Å². The third-order valence-electron chi connectivity index (χ3n) is 4.94. The Morgan fingerprint density at radius 2 is 1.85 bits per heavy atom. The van der Waals surface area contributed by atoms with Crippen LogP contribution < -0.4 is 15.8 Å². The average Bonchev–Trinajstić information content (AvgIpc) is 3.22. The minimum atomic E-state index is -0.145. The molecule has 3 aromatic carbocycles. The lowest BCUT2D eigenvalue weighted by Gasteiger charge is -2.12. The van der Waals surface area contributed by atoms with Crippen molar-refractivity contribution in [2.24, 2.45) is 0 Å².